The van der Waals surface area contributed by atoms with Gasteiger partial charge in [-0.3, -0.25) is 4.98 Å². The van der Waals surface area contributed by atoms with E-state index in [2.05, 4.69) is 54.5 Å². The third-order valence-corrected chi connectivity index (χ3v) is 4.48. The lowest BCUT2D eigenvalue weighted by molar-refractivity contribution is 0.288. The fraction of sp³-hybridized carbons (Fsp3) is 0.389. The molecule has 1 heterocycles. The molecule has 1 aromatic heterocycles. The van der Waals surface area contributed by atoms with Gasteiger partial charge in [-0.05, 0) is 60.9 Å². The van der Waals surface area contributed by atoms with Crippen LogP contribution in [0.4, 0.5) is 0 Å². The Balaban J connectivity index is 1.52. The third-order valence-electron chi connectivity index (χ3n) is 4.48. The Labute approximate surface area is 121 Å². The minimum atomic E-state index is 0.659. The maximum Gasteiger partial charge on any atom is 0.0300 e. The Bertz CT molecular complexity index is 583. The van der Waals surface area contributed by atoms with E-state index in [-0.39, 0.29) is 0 Å². The van der Waals surface area contributed by atoms with E-state index in [1.807, 2.05) is 12.4 Å². The zero-order valence-electron chi connectivity index (χ0n) is 12.3. The standard InChI is InChI=1S/C18H22N2/c1-13-5-3-4-6-18(13)16-9-17(10-16)20-12-15-7-8-19-11-14(15)2/h3-8,11,16-17,20H,9-10,12H2,1-2H3. The molecule has 1 N–H and O–H groups in total. The molecular weight excluding hydrogens is 244 g/mol. The number of benzene rings is 1. The second kappa shape index (κ2) is 5.76. The van der Waals surface area contributed by atoms with Crippen molar-refractivity contribution in [2.75, 3.05) is 0 Å². The predicted octanol–water partition coefficient (Wildman–Crippen LogP) is 3.73. The molecule has 2 heteroatoms. The molecule has 0 aliphatic heterocycles. The van der Waals surface area contributed by atoms with Gasteiger partial charge in [-0.1, -0.05) is 24.3 Å². The molecule has 1 aliphatic carbocycles. The first-order valence-corrected chi connectivity index (χ1v) is 7.42. The van der Waals surface area contributed by atoms with Crippen LogP contribution in [0.2, 0.25) is 0 Å². The summed E-state index contributed by atoms with van der Waals surface area (Å²) in [5.41, 5.74) is 5.60. The number of aromatic nitrogens is 1. The van der Waals surface area contributed by atoms with Gasteiger partial charge in [-0.15, -0.1) is 0 Å². The van der Waals surface area contributed by atoms with E-state index >= 15 is 0 Å². The summed E-state index contributed by atoms with van der Waals surface area (Å²) in [6.07, 6.45) is 6.33. The van der Waals surface area contributed by atoms with E-state index in [0.717, 1.165) is 12.5 Å². The van der Waals surface area contributed by atoms with Gasteiger partial charge in [0.15, 0.2) is 0 Å². The molecule has 0 bridgehead atoms. The summed E-state index contributed by atoms with van der Waals surface area (Å²) < 4.78 is 0. The molecule has 20 heavy (non-hydrogen) atoms. The van der Waals surface area contributed by atoms with Crippen LogP contribution in [0.15, 0.2) is 42.7 Å². The number of pyridine rings is 1. The Morgan fingerprint density at radius 3 is 2.65 bits per heavy atom. The molecular formula is C18H22N2. The molecule has 0 atom stereocenters. The molecule has 2 nitrogen and oxygen atoms in total. The number of hydrogen-bond acceptors (Lipinski definition) is 2. The molecule has 0 unspecified atom stereocenters. The molecule has 2 aromatic rings. The highest BCUT2D eigenvalue weighted by atomic mass is 14.9. The summed E-state index contributed by atoms with van der Waals surface area (Å²) in [6.45, 7) is 5.30. The topological polar surface area (TPSA) is 24.9 Å². The predicted molar refractivity (Wildman–Crippen MR) is 82.8 cm³/mol. The SMILES string of the molecule is Cc1cnccc1CNC1CC(c2ccccc2C)C1. The van der Waals surface area contributed by atoms with E-state index < -0.39 is 0 Å². The number of rotatable bonds is 4. The quantitative estimate of drug-likeness (QED) is 0.912. The van der Waals surface area contributed by atoms with Gasteiger partial charge < -0.3 is 5.32 Å². The van der Waals surface area contributed by atoms with Crippen LogP contribution in [0.25, 0.3) is 0 Å². The largest absolute Gasteiger partial charge is 0.310 e. The van der Waals surface area contributed by atoms with Crippen molar-refractivity contribution in [2.45, 2.75) is 45.2 Å². The first kappa shape index (κ1) is 13.3. The van der Waals surface area contributed by atoms with Gasteiger partial charge in [-0.2, -0.15) is 0 Å². The summed E-state index contributed by atoms with van der Waals surface area (Å²) in [5, 5.41) is 3.67. The Morgan fingerprint density at radius 1 is 1.10 bits per heavy atom. The average molecular weight is 266 g/mol. The van der Waals surface area contributed by atoms with Crippen LogP contribution in [0, 0.1) is 13.8 Å². The van der Waals surface area contributed by atoms with Crippen LogP contribution < -0.4 is 5.32 Å². The second-order valence-electron chi connectivity index (χ2n) is 5.90. The first-order valence-electron chi connectivity index (χ1n) is 7.42. The van der Waals surface area contributed by atoms with Crippen molar-refractivity contribution in [3.63, 3.8) is 0 Å². The van der Waals surface area contributed by atoms with Crippen molar-refractivity contribution in [1.82, 2.24) is 10.3 Å². The maximum absolute atomic E-state index is 4.14. The molecule has 1 fully saturated rings. The van der Waals surface area contributed by atoms with Crippen LogP contribution in [0.5, 0.6) is 0 Å². The third kappa shape index (κ3) is 2.75. The summed E-state index contributed by atoms with van der Waals surface area (Å²) >= 11 is 0. The normalized spacial score (nSPS) is 21.5. The summed E-state index contributed by atoms with van der Waals surface area (Å²) in [7, 11) is 0. The highest BCUT2D eigenvalue weighted by molar-refractivity contribution is 5.31. The Morgan fingerprint density at radius 2 is 1.90 bits per heavy atom. The molecule has 0 radical (unpaired) electrons. The minimum absolute atomic E-state index is 0.659. The lowest BCUT2D eigenvalue weighted by Gasteiger charge is -2.37. The smallest absolute Gasteiger partial charge is 0.0300 e. The molecule has 0 spiro atoms. The van der Waals surface area contributed by atoms with Crippen LogP contribution >= 0.6 is 0 Å². The monoisotopic (exact) mass is 266 g/mol. The number of hydrogen-bond donors (Lipinski definition) is 1. The van der Waals surface area contributed by atoms with Gasteiger partial charge >= 0.3 is 0 Å². The van der Waals surface area contributed by atoms with Gasteiger partial charge in [0, 0.05) is 25.0 Å². The van der Waals surface area contributed by atoms with Crippen molar-refractivity contribution in [3.8, 4) is 0 Å². The molecule has 0 saturated heterocycles. The zero-order chi connectivity index (χ0) is 13.9. The minimum Gasteiger partial charge on any atom is -0.310 e. The summed E-state index contributed by atoms with van der Waals surface area (Å²) in [4.78, 5) is 4.14. The first-order chi connectivity index (χ1) is 9.74. The van der Waals surface area contributed by atoms with Crippen molar-refractivity contribution < 1.29 is 0 Å². The van der Waals surface area contributed by atoms with Crippen molar-refractivity contribution in [1.29, 1.82) is 0 Å². The highest BCUT2D eigenvalue weighted by Gasteiger charge is 2.30. The van der Waals surface area contributed by atoms with Crippen LogP contribution in [-0.2, 0) is 6.54 Å². The fourth-order valence-electron chi connectivity index (χ4n) is 3.04. The van der Waals surface area contributed by atoms with Crippen LogP contribution in [0.1, 0.15) is 41.0 Å². The van der Waals surface area contributed by atoms with Crippen LogP contribution in [-0.4, -0.2) is 11.0 Å². The van der Waals surface area contributed by atoms with Crippen molar-refractivity contribution in [2.24, 2.45) is 0 Å². The highest BCUT2D eigenvalue weighted by Crippen LogP contribution is 2.38. The molecule has 3 rings (SSSR count). The molecule has 1 aromatic carbocycles. The van der Waals surface area contributed by atoms with Crippen molar-refractivity contribution in [3.05, 3.63) is 65.0 Å². The average Bonchev–Trinajstić information content (AvgIpc) is 2.41. The second-order valence-corrected chi connectivity index (χ2v) is 5.90. The maximum atomic E-state index is 4.14. The van der Waals surface area contributed by atoms with Gasteiger partial charge in [-0.25, -0.2) is 0 Å². The van der Waals surface area contributed by atoms with Crippen LogP contribution in [0.3, 0.4) is 0 Å². The lowest BCUT2D eigenvalue weighted by Crippen LogP contribution is -2.39. The molecule has 0 amide bonds. The van der Waals surface area contributed by atoms with Gasteiger partial charge in [0.2, 0.25) is 0 Å². The van der Waals surface area contributed by atoms with E-state index in [1.165, 1.54) is 35.1 Å². The zero-order valence-corrected chi connectivity index (χ0v) is 12.3. The molecule has 1 saturated carbocycles. The van der Waals surface area contributed by atoms with Gasteiger partial charge in [0.1, 0.15) is 0 Å². The van der Waals surface area contributed by atoms with Crippen molar-refractivity contribution >= 4 is 0 Å². The molecule has 104 valence electrons. The summed E-state index contributed by atoms with van der Waals surface area (Å²) in [6, 6.07) is 11.6. The number of nitrogens with zero attached hydrogens (tertiary/aromatic N) is 1. The fourth-order valence-corrected chi connectivity index (χ4v) is 3.04. The Kier molecular flexibility index (Phi) is 3.83. The van der Waals surface area contributed by atoms with E-state index in [4.69, 9.17) is 0 Å². The van der Waals surface area contributed by atoms with E-state index in [0.29, 0.717) is 6.04 Å². The Hall–Kier alpha value is -1.67. The number of nitrogens with one attached hydrogen (secondary N) is 1. The van der Waals surface area contributed by atoms with Gasteiger partial charge in [0.05, 0.1) is 0 Å². The summed E-state index contributed by atoms with van der Waals surface area (Å²) in [5.74, 6) is 0.743. The van der Waals surface area contributed by atoms with E-state index in [1.54, 1.807) is 0 Å². The van der Waals surface area contributed by atoms with Gasteiger partial charge in [0.25, 0.3) is 0 Å². The lowest BCUT2D eigenvalue weighted by atomic mass is 9.74. The molecule has 1 aliphatic rings. The van der Waals surface area contributed by atoms with E-state index in [9.17, 15) is 0 Å². The number of aryl methyl sites for hydroxylation is 2.